The van der Waals surface area contributed by atoms with E-state index in [-0.39, 0.29) is 5.91 Å². The SMILES string of the molecule is C=C(/C=C(\S)C1(C#N)CCOCC1)C(=O)N1CCCC2CCCCC21. The van der Waals surface area contributed by atoms with E-state index >= 15 is 0 Å². The number of hydrogen-bond donors (Lipinski definition) is 1. The number of likely N-dealkylation sites (tertiary alicyclic amines) is 1. The number of carbonyl (C=O) groups is 1. The van der Waals surface area contributed by atoms with Crippen molar-refractivity contribution in [2.75, 3.05) is 19.8 Å². The highest BCUT2D eigenvalue weighted by molar-refractivity contribution is 7.84. The van der Waals surface area contributed by atoms with Crippen LogP contribution in [0.1, 0.15) is 51.4 Å². The monoisotopic (exact) mass is 360 g/mol. The molecule has 25 heavy (non-hydrogen) atoms. The highest BCUT2D eigenvalue weighted by Gasteiger charge is 2.38. The Kier molecular flexibility index (Phi) is 5.91. The van der Waals surface area contributed by atoms with E-state index in [9.17, 15) is 10.1 Å². The Balaban J connectivity index is 1.73. The van der Waals surface area contributed by atoms with Crippen molar-refractivity contribution in [3.8, 4) is 6.07 Å². The average molecular weight is 361 g/mol. The van der Waals surface area contributed by atoms with Crippen molar-refractivity contribution in [3.63, 3.8) is 0 Å². The zero-order valence-electron chi connectivity index (χ0n) is 14.9. The summed E-state index contributed by atoms with van der Waals surface area (Å²) in [5, 5.41) is 9.65. The van der Waals surface area contributed by atoms with Crippen LogP contribution >= 0.6 is 12.6 Å². The summed E-state index contributed by atoms with van der Waals surface area (Å²) in [4.78, 5) is 15.7. The number of thiol groups is 1. The maximum absolute atomic E-state index is 13.0. The summed E-state index contributed by atoms with van der Waals surface area (Å²) in [7, 11) is 0. The predicted molar refractivity (Wildman–Crippen MR) is 101 cm³/mol. The van der Waals surface area contributed by atoms with Crippen LogP contribution in [0.15, 0.2) is 23.1 Å². The van der Waals surface area contributed by atoms with Crippen molar-refractivity contribution in [3.05, 3.63) is 23.1 Å². The minimum Gasteiger partial charge on any atom is -0.381 e. The van der Waals surface area contributed by atoms with Gasteiger partial charge >= 0.3 is 0 Å². The molecule has 0 spiro atoms. The predicted octanol–water partition coefficient (Wildman–Crippen LogP) is 3.86. The Bertz CT molecular complexity index is 599. The lowest BCUT2D eigenvalue weighted by Crippen LogP contribution is -2.49. The van der Waals surface area contributed by atoms with Gasteiger partial charge in [-0.05, 0) is 50.5 Å². The molecule has 1 amide bonds. The van der Waals surface area contributed by atoms with E-state index in [1.54, 1.807) is 6.08 Å². The second kappa shape index (κ2) is 7.97. The van der Waals surface area contributed by atoms with Crippen LogP contribution in [-0.2, 0) is 9.53 Å². The third-order valence-electron chi connectivity index (χ3n) is 6.14. The van der Waals surface area contributed by atoms with Gasteiger partial charge in [0.05, 0.1) is 11.5 Å². The molecule has 1 saturated carbocycles. The Hall–Kier alpha value is -1.25. The van der Waals surface area contributed by atoms with Gasteiger partial charge in [-0.1, -0.05) is 19.4 Å². The highest BCUT2D eigenvalue weighted by atomic mass is 32.1. The van der Waals surface area contributed by atoms with Gasteiger partial charge in [0.25, 0.3) is 5.91 Å². The molecule has 136 valence electrons. The molecule has 0 aromatic rings. The van der Waals surface area contributed by atoms with E-state index in [1.165, 1.54) is 25.7 Å². The number of rotatable bonds is 3. The van der Waals surface area contributed by atoms with Crippen molar-refractivity contribution < 1.29 is 9.53 Å². The van der Waals surface area contributed by atoms with Crippen LogP contribution in [0.25, 0.3) is 0 Å². The fourth-order valence-electron chi connectivity index (χ4n) is 4.57. The van der Waals surface area contributed by atoms with Crippen LogP contribution in [0.4, 0.5) is 0 Å². The number of carbonyl (C=O) groups excluding carboxylic acids is 1. The van der Waals surface area contributed by atoms with Crippen molar-refractivity contribution in [2.24, 2.45) is 11.3 Å². The molecule has 0 N–H and O–H groups in total. The summed E-state index contributed by atoms with van der Waals surface area (Å²) in [6.07, 6.45) is 10.1. The van der Waals surface area contributed by atoms with Gasteiger partial charge in [-0.15, -0.1) is 12.6 Å². The van der Waals surface area contributed by atoms with Crippen molar-refractivity contribution in [1.29, 1.82) is 5.26 Å². The standard InChI is InChI=1S/C20H28N2O2S/c1-15(13-18(25)20(14-21)8-11-24-12-9-20)19(23)22-10-4-6-16-5-2-3-7-17(16)22/h13,16-17,25H,1-12H2/b18-13-. The fourth-order valence-corrected chi connectivity index (χ4v) is 5.00. The van der Waals surface area contributed by atoms with Crippen LogP contribution in [-0.4, -0.2) is 36.6 Å². The maximum Gasteiger partial charge on any atom is 0.253 e. The number of amides is 1. The minimum atomic E-state index is -0.639. The van der Waals surface area contributed by atoms with Gasteiger partial charge in [-0.2, -0.15) is 5.26 Å². The number of hydrogen-bond acceptors (Lipinski definition) is 4. The minimum absolute atomic E-state index is 0.0169. The molecule has 2 heterocycles. The van der Waals surface area contributed by atoms with Crippen LogP contribution in [0.2, 0.25) is 0 Å². The number of nitriles is 1. The van der Waals surface area contributed by atoms with Crippen LogP contribution in [0.5, 0.6) is 0 Å². The normalized spacial score (nSPS) is 29.4. The summed E-state index contributed by atoms with van der Waals surface area (Å²) >= 11 is 4.58. The molecule has 4 nitrogen and oxygen atoms in total. The molecule has 0 aromatic heterocycles. The van der Waals surface area contributed by atoms with E-state index in [0.29, 0.717) is 48.5 Å². The first-order chi connectivity index (χ1) is 12.1. The molecule has 3 aliphatic rings. The summed E-state index contributed by atoms with van der Waals surface area (Å²) < 4.78 is 5.37. The van der Waals surface area contributed by atoms with Gasteiger partial charge in [0.15, 0.2) is 0 Å². The first-order valence-corrected chi connectivity index (χ1v) is 9.92. The van der Waals surface area contributed by atoms with E-state index in [0.717, 1.165) is 19.4 Å². The summed E-state index contributed by atoms with van der Waals surface area (Å²) in [5.41, 5.74) is -0.183. The maximum atomic E-state index is 13.0. The van der Waals surface area contributed by atoms with Crippen LogP contribution < -0.4 is 0 Å². The number of allylic oxidation sites excluding steroid dienone is 1. The molecular weight excluding hydrogens is 332 g/mol. The van der Waals surface area contributed by atoms with Gasteiger partial charge in [0.2, 0.25) is 0 Å². The lowest BCUT2D eigenvalue weighted by molar-refractivity contribution is -0.132. The molecule has 0 aromatic carbocycles. The van der Waals surface area contributed by atoms with Crippen LogP contribution in [0.3, 0.4) is 0 Å². The lowest BCUT2D eigenvalue weighted by Gasteiger charge is -2.44. The topological polar surface area (TPSA) is 53.3 Å². The average Bonchev–Trinajstić information content (AvgIpc) is 2.67. The molecule has 2 aliphatic heterocycles. The Morgan fingerprint density at radius 1 is 1.24 bits per heavy atom. The number of ether oxygens (including phenoxy) is 1. The zero-order chi connectivity index (χ0) is 17.9. The quantitative estimate of drug-likeness (QED) is 0.472. The molecule has 3 fully saturated rings. The number of nitrogens with zero attached hydrogens (tertiary/aromatic N) is 2. The second-order valence-electron chi connectivity index (χ2n) is 7.61. The van der Waals surface area contributed by atoms with E-state index in [2.05, 4.69) is 25.3 Å². The Morgan fingerprint density at radius 2 is 1.92 bits per heavy atom. The molecule has 2 saturated heterocycles. The van der Waals surface area contributed by atoms with E-state index in [4.69, 9.17) is 4.74 Å². The van der Waals surface area contributed by atoms with Gasteiger partial charge in [0.1, 0.15) is 0 Å². The van der Waals surface area contributed by atoms with Gasteiger partial charge in [-0.25, -0.2) is 0 Å². The molecule has 3 rings (SSSR count). The molecular formula is C20H28N2O2S. The van der Waals surface area contributed by atoms with Gasteiger partial charge in [-0.3, -0.25) is 4.79 Å². The van der Waals surface area contributed by atoms with Crippen molar-refractivity contribution >= 4 is 18.5 Å². The lowest BCUT2D eigenvalue weighted by atomic mass is 9.78. The number of fused-ring (bicyclic) bond motifs is 1. The first kappa shape index (κ1) is 18.5. The summed E-state index contributed by atoms with van der Waals surface area (Å²) in [5.74, 6) is 0.669. The zero-order valence-corrected chi connectivity index (χ0v) is 15.8. The van der Waals surface area contributed by atoms with E-state index in [1.807, 2.05) is 4.90 Å². The van der Waals surface area contributed by atoms with Gasteiger partial charge < -0.3 is 9.64 Å². The largest absolute Gasteiger partial charge is 0.381 e. The summed E-state index contributed by atoms with van der Waals surface area (Å²) in [6.45, 7) is 5.95. The first-order valence-electron chi connectivity index (χ1n) is 9.47. The summed E-state index contributed by atoms with van der Waals surface area (Å²) in [6, 6.07) is 2.77. The molecule has 2 atom stereocenters. The molecule has 1 aliphatic carbocycles. The second-order valence-corrected chi connectivity index (χ2v) is 8.10. The highest BCUT2D eigenvalue weighted by Crippen LogP contribution is 2.40. The molecule has 2 unspecified atom stereocenters. The van der Waals surface area contributed by atoms with Crippen molar-refractivity contribution in [1.82, 2.24) is 4.90 Å². The van der Waals surface area contributed by atoms with Gasteiger partial charge in [0, 0.05) is 36.3 Å². The molecule has 5 heteroatoms. The number of piperidine rings is 1. The third kappa shape index (κ3) is 3.80. The third-order valence-corrected chi connectivity index (χ3v) is 6.70. The Labute approximate surface area is 156 Å². The van der Waals surface area contributed by atoms with Crippen molar-refractivity contribution in [2.45, 2.75) is 57.4 Å². The van der Waals surface area contributed by atoms with Crippen LogP contribution in [0, 0.1) is 22.7 Å². The fraction of sp³-hybridized carbons (Fsp3) is 0.700. The molecule has 0 bridgehead atoms. The Morgan fingerprint density at radius 3 is 2.64 bits per heavy atom. The van der Waals surface area contributed by atoms with E-state index < -0.39 is 5.41 Å². The smallest absolute Gasteiger partial charge is 0.253 e. The molecule has 0 radical (unpaired) electrons.